The van der Waals surface area contributed by atoms with Gasteiger partial charge >= 0.3 is 0 Å². The molecule has 86 valence electrons. The second-order valence-electron chi connectivity index (χ2n) is 5.40. The molecule has 2 nitrogen and oxygen atoms in total. The van der Waals surface area contributed by atoms with Gasteiger partial charge in [0.1, 0.15) is 0 Å². The van der Waals surface area contributed by atoms with Gasteiger partial charge < -0.3 is 10.2 Å². The van der Waals surface area contributed by atoms with E-state index in [-0.39, 0.29) is 18.1 Å². The molecule has 0 saturated heterocycles. The molecule has 0 bridgehead atoms. The largest absolute Gasteiger partial charge is 0.396 e. The molecule has 0 aromatic heterocycles. The lowest BCUT2D eigenvalue weighted by Crippen LogP contribution is -2.33. The first kappa shape index (κ1) is 13.9. The van der Waals surface area contributed by atoms with Crippen LogP contribution in [0.1, 0.15) is 47.5 Å². The highest BCUT2D eigenvalue weighted by Gasteiger charge is 2.31. The highest BCUT2D eigenvalue weighted by Crippen LogP contribution is 2.36. The van der Waals surface area contributed by atoms with Crippen LogP contribution < -0.4 is 0 Å². The molecule has 2 heteroatoms. The van der Waals surface area contributed by atoms with Crippen LogP contribution in [0.25, 0.3) is 0 Å². The minimum Gasteiger partial charge on any atom is -0.396 e. The molecule has 2 N–H and O–H groups in total. The number of hydrogen-bond acceptors (Lipinski definition) is 2. The molecule has 0 aromatic carbocycles. The summed E-state index contributed by atoms with van der Waals surface area (Å²) in [7, 11) is 0. The van der Waals surface area contributed by atoms with Gasteiger partial charge in [-0.1, -0.05) is 27.7 Å². The van der Waals surface area contributed by atoms with E-state index in [1.807, 2.05) is 6.92 Å². The zero-order valence-corrected chi connectivity index (χ0v) is 10.2. The lowest BCUT2D eigenvalue weighted by atomic mass is 9.71. The molecule has 14 heavy (non-hydrogen) atoms. The Morgan fingerprint density at radius 1 is 1.14 bits per heavy atom. The van der Waals surface area contributed by atoms with Crippen LogP contribution in [0.3, 0.4) is 0 Å². The van der Waals surface area contributed by atoms with Gasteiger partial charge in [-0.15, -0.1) is 0 Å². The quantitative estimate of drug-likeness (QED) is 0.694. The molecule has 0 fully saturated rings. The molecule has 3 unspecified atom stereocenters. The molecule has 0 saturated carbocycles. The van der Waals surface area contributed by atoms with E-state index in [0.29, 0.717) is 11.8 Å². The van der Waals surface area contributed by atoms with E-state index in [1.54, 1.807) is 0 Å². The van der Waals surface area contributed by atoms with E-state index in [4.69, 9.17) is 0 Å². The van der Waals surface area contributed by atoms with E-state index < -0.39 is 0 Å². The maximum absolute atomic E-state index is 9.44. The summed E-state index contributed by atoms with van der Waals surface area (Å²) in [5.41, 5.74) is -0.0504. The lowest BCUT2D eigenvalue weighted by molar-refractivity contribution is 0.0368. The second kappa shape index (κ2) is 5.72. The van der Waals surface area contributed by atoms with Crippen LogP contribution in [-0.2, 0) is 0 Å². The Kier molecular flexibility index (Phi) is 5.68. The van der Waals surface area contributed by atoms with Crippen LogP contribution in [0.15, 0.2) is 0 Å². The van der Waals surface area contributed by atoms with Crippen LogP contribution in [0, 0.1) is 17.3 Å². The summed E-state index contributed by atoms with van der Waals surface area (Å²) in [6.07, 6.45) is 1.50. The monoisotopic (exact) mass is 202 g/mol. The highest BCUT2D eigenvalue weighted by atomic mass is 16.3. The molecule has 0 radical (unpaired) electrons. The standard InChI is InChI=1S/C12H26O2/c1-9(2)7-12(5,8-13)10(3)6-11(4)14/h9-11,13-14H,6-8H2,1-5H3. The van der Waals surface area contributed by atoms with E-state index >= 15 is 0 Å². The van der Waals surface area contributed by atoms with Crippen LogP contribution in [-0.4, -0.2) is 22.9 Å². The van der Waals surface area contributed by atoms with Crippen molar-refractivity contribution in [3.8, 4) is 0 Å². The van der Waals surface area contributed by atoms with E-state index in [9.17, 15) is 10.2 Å². The fourth-order valence-electron chi connectivity index (χ4n) is 2.15. The van der Waals surface area contributed by atoms with Gasteiger partial charge in [-0.3, -0.25) is 0 Å². The van der Waals surface area contributed by atoms with Crippen LogP contribution in [0.5, 0.6) is 0 Å². The third-order valence-corrected chi connectivity index (χ3v) is 3.12. The van der Waals surface area contributed by atoms with Crippen molar-refractivity contribution in [3.05, 3.63) is 0 Å². The van der Waals surface area contributed by atoms with Crippen LogP contribution in [0.2, 0.25) is 0 Å². The van der Waals surface area contributed by atoms with Crippen molar-refractivity contribution in [1.29, 1.82) is 0 Å². The van der Waals surface area contributed by atoms with Crippen molar-refractivity contribution >= 4 is 0 Å². The predicted molar refractivity (Wildman–Crippen MR) is 60.1 cm³/mol. The summed E-state index contributed by atoms with van der Waals surface area (Å²) in [6.45, 7) is 10.6. The topological polar surface area (TPSA) is 40.5 Å². The zero-order chi connectivity index (χ0) is 11.4. The Bertz CT molecular complexity index is 154. The smallest absolute Gasteiger partial charge is 0.0514 e. The number of aliphatic hydroxyl groups excluding tert-OH is 2. The van der Waals surface area contributed by atoms with Crippen molar-refractivity contribution in [3.63, 3.8) is 0 Å². The second-order valence-corrected chi connectivity index (χ2v) is 5.40. The summed E-state index contributed by atoms with van der Waals surface area (Å²) in [6, 6.07) is 0. The fourth-order valence-corrected chi connectivity index (χ4v) is 2.15. The van der Waals surface area contributed by atoms with Gasteiger partial charge in [0.05, 0.1) is 6.10 Å². The van der Waals surface area contributed by atoms with Crippen LogP contribution >= 0.6 is 0 Å². The van der Waals surface area contributed by atoms with Crippen molar-refractivity contribution in [2.45, 2.75) is 53.6 Å². The first-order valence-electron chi connectivity index (χ1n) is 5.60. The summed E-state index contributed by atoms with van der Waals surface area (Å²) in [5.74, 6) is 0.943. The Morgan fingerprint density at radius 2 is 1.64 bits per heavy atom. The van der Waals surface area contributed by atoms with Gasteiger partial charge in [0, 0.05) is 6.61 Å². The maximum atomic E-state index is 9.44. The van der Waals surface area contributed by atoms with E-state index in [1.165, 1.54) is 0 Å². The summed E-state index contributed by atoms with van der Waals surface area (Å²) in [5, 5.41) is 18.8. The summed E-state index contributed by atoms with van der Waals surface area (Å²) < 4.78 is 0. The molecule has 0 aliphatic heterocycles. The number of hydrogen-bond donors (Lipinski definition) is 2. The van der Waals surface area contributed by atoms with Crippen molar-refractivity contribution in [2.75, 3.05) is 6.61 Å². The molecule has 0 rings (SSSR count). The molecule has 0 aliphatic rings. The van der Waals surface area contributed by atoms with Gasteiger partial charge in [-0.2, -0.15) is 0 Å². The third-order valence-electron chi connectivity index (χ3n) is 3.12. The molecule has 0 aliphatic carbocycles. The molecular formula is C12H26O2. The SMILES string of the molecule is CC(C)CC(C)(CO)C(C)CC(C)O. The highest BCUT2D eigenvalue weighted by molar-refractivity contribution is 4.81. The molecule has 3 atom stereocenters. The fraction of sp³-hybridized carbons (Fsp3) is 1.00. The normalized spacial score (nSPS) is 20.6. The number of rotatable bonds is 6. The van der Waals surface area contributed by atoms with Crippen LogP contribution in [0.4, 0.5) is 0 Å². The molecule has 0 aromatic rings. The van der Waals surface area contributed by atoms with E-state index in [0.717, 1.165) is 12.8 Å². The zero-order valence-electron chi connectivity index (χ0n) is 10.2. The first-order chi connectivity index (χ1) is 6.31. The van der Waals surface area contributed by atoms with Crippen molar-refractivity contribution in [1.82, 2.24) is 0 Å². The van der Waals surface area contributed by atoms with Gasteiger partial charge in [-0.05, 0) is 37.0 Å². The van der Waals surface area contributed by atoms with Gasteiger partial charge in [-0.25, -0.2) is 0 Å². The van der Waals surface area contributed by atoms with Gasteiger partial charge in [0.15, 0.2) is 0 Å². The van der Waals surface area contributed by atoms with Gasteiger partial charge in [0.2, 0.25) is 0 Å². The van der Waals surface area contributed by atoms with Crippen molar-refractivity contribution < 1.29 is 10.2 Å². The predicted octanol–water partition coefficient (Wildman–Crippen LogP) is 2.44. The third kappa shape index (κ3) is 4.43. The molecular weight excluding hydrogens is 176 g/mol. The lowest BCUT2D eigenvalue weighted by Gasteiger charge is -2.36. The Labute approximate surface area is 88.3 Å². The Morgan fingerprint density at radius 3 is 1.93 bits per heavy atom. The minimum atomic E-state index is -0.275. The Balaban J connectivity index is 4.34. The Hall–Kier alpha value is -0.0800. The molecule has 0 amide bonds. The summed E-state index contributed by atoms with van der Waals surface area (Å²) >= 11 is 0. The van der Waals surface area contributed by atoms with Crippen molar-refractivity contribution in [2.24, 2.45) is 17.3 Å². The minimum absolute atomic E-state index is 0.0504. The average Bonchev–Trinajstić information content (AvgIpc) is 2.01. The van der Waals surface area contributed by atoms with E-state index in [2.05, 4.69) is 27.7 Å². The average molecular weight is 202 g/mol. The molecule has 0 spiro atoms. The first-order valence-corrected chi connectivity index (χ1v) is 5.60. The molecule has 0 heterocycles. The summed E-state index contributed by atoms with van der Waals surface area (Å²) in [4.78, 5) is 0. The van der Waals surface area contributed by atoms with Gasteiger partial charge in [0.25, 0.3) is 0 Å². The number of aliphatic hydroxyl groups is 2. The maximum Gasteiger partial charge on any atom is 0.0514 e.